The molecule has 1 atom stereocenters. The van der Waals surface area contributed by atoms with Gasteiger partial charge in [-0.2, -0.15) is 5.26 Å². The van der Waals surface area contributed by atoms with Crippen molar-refractivity contribution in [3.63, 3.8) is 0 Å². The molecule has 108 valence electrons. The van der Waals surface area contributed by atoms with Crippen LogP contribution in [0.15, 0.2) is 11.8 Å². The molecule has 0 aromatic carbocycles. The summed E-state index contributed by atoms with van der Waals surface area (Å²) < 4.78 is 4.93. The van der Waals surface area contributed by atoms with E-state index in [4.69, 9.17) is 10.00 Å². The van der Waals surface area contributed by atoms with Crippen LogP contribution in [-0.2, 0) is 9.53 Å². The summed E-state index contributed by atoms with van der Waals surface area (Å²) in [5, 5.41) is 21.5. The van der Waals surface area contributed by atoms with Crippen LogP contribution in [0.4, 0.5) is 0 Å². The highest BCUT2D eigenvalue weighted by atomic mass is 16.5. The Morgan fingerprint density at radius 2 is 2.11 bits per heavy atom. The summed E-state index contributed by atoms with van der Waals surface area (Å²) in [5.74, 6) is -0.388. The molecule has 0 aliphatic rings. The van der Waals surface area contributed by atoms with Gasteiger partial charge in [0.15, 0.2) is 5.57 Å². The summed E-state index contributed by atoms with van der Waals surface area (Å²) in [6.07, 6.45) is 0.621. The Bertz CT molecular complexity index is 367. The smallest absolute Gasteiger partial charge is 0.265 e. The molecule has 0 bridgehead atoms. The third kappa shape index (κ3) is 5.75. The molecule has 0 fully saturated rings. The van der Waals surface area contributed by atoms with Gasteiger partial charge in [-0.3, -0.25) is 4.79 Å². The van der Waals surface area contributed by atoms with E-state index in [1.165, 1.54) is 0 Å². The summed E-state index contributed by atoms with van der Waals surface area (Å²) in [5.41, 5.74) is -0.535. The summed E-state index contributed by atoms with van der Waals surface area (Å²) in [6, 6.07) is 1.79. The first-order valence-corrected chi connectivity index (χ1v) is 6.44. The van der Waals surface area contributed by atoms with Crippen molar-refractivity contribution < 1.29 is 14.6 Å². The predicted octanol–water partition coefficient (Wildman–Crippen LogP) is 1.59. The van der Waals surface area contributed by atoms with Crippen molar-refractivity contribution in [1.29, 1.82) is 5.26 Å². The van der Waals surface area contributed by atoms with E-state index in [9.17, 15) is 9.90 Å². The molecule has 0 spiro atoms. The molecule has 0 rings (SSSR count). The molecule has 5 heteroatoms. The van der Waals surface area contributed by atoms with E-state index < -0.39 is 17.4 Å². The van der Waals surface area contributed by atoms with E-state index in [1.807, 2.05) is 27.7 Å². The molecular weight excluding hydrogens is 244 g/mol. The first-order chi connectivity index (χ1) is 8.76. The Morgan fingerprint density at radius 3 is 2.53 bits per heavy atom. The molecule has 0 aromatic heterocycles. The zero-order valence-electron chi connectivity index (χ0n) is 12.4. The predicted molar refractivity (Wildman–Crippen MR) is 73.0 cm³/mol. The maximum absolute atomic E-state index is 11.8. The molecule has 0 saturated heterocycles. The number of hydrogen-bond donors (Lipinski definition) is 2. The molecule has 1 amide bonds. The van der Waals surface area contributed by atoms with Crippen molar-refractivity contribution in [1.82, 2.24) is 5.32 Å². The molecule has 0 aromatic rings. The number of nitrogens with one attached hydrogen (secondary N) is 1. The van der Waals surface area contributed by atoms with E-state index in [0.29, 0.717) is 6.61 Å². The van der Waals surface area contributed by atoms with Gasteiger partial charge in [-0.25, -0.2) is 0 Å². The second-order valence-electron chi connectivity index (χ2n) is 5.46. The highest BCUT2D eigenvalue weighted by Gasteiger charge is 2.30. The molecule has 1 unspecified atom stereocenters. The van der Waals surface area contributed by atoms with Crippen LogP contribution in [0.3, 0.4) is 0 Å². The van der Waals surface area contributed by atoms with E-state index in [0.717, 1.165) is 6.26 Å². The zero-order chi connectivity index (χ0) is 15.1. The van der Waals surface area contributed by atoms with Gasteiger partial charge in [0.05, 0.1) is 12.7 Å². The van der Waals surface area contributed by atoms with E-state index in [2.05, 4.69) is 5.32 Å². The normalized spacial score (nSPS) is 13.9. The molecule has 0 radical (unpaired) electrons. The van der Waals surface area contributed by atoms with Gasteiger partial charge in [-0.15, -0.1) is 0 Å². The minimum absolute atomic E-state index is 0.0725. The minimum Gasteiger partial charge on any atom is -0.500 e. The highest BCUT2D eigenvalue weighted by molar-refractivity contribution is 5.96. The van der Waals surface area contributed by atoms with Crippen LogP contribution in [0.5, 0.6) is 0 Å². The summed E-state index contributed by atoms with van der Waals surface area (Å²) in [6.45, 7) is 10.0. The minimum atomic E-state index is -0.533. The standard InChI is InChI=1S/C14H24N2O3/c1-6-19-8-11(7-15)13(18)16-9-14(4,5)12(17)10(2)3/h8,10,12,17H,6,9H2,1-5H3,(H,16,18)/b11-8-. The van der Waals surface area contributed by atoms with Crippen molar-refractivity contribution in [3.8, 4) is 6.07 Å². The van der Waals surface area contributed by atoms with Crippen molar-refractivity contribution in [2.24, 2.45) is 11.3 Å². The largest absolute Gasteiger partial charge is 0.500 e. The molecule has 0 aliphatic carbocycles. The van der Waals surface area contributed by atoms with Crippen LogP contribution < -0.4 is 5.32 Å². The van der Waals surface area contributed by atoms with Crippen molar-refractivity contribution >= 4 is 5.91 Å². The number of aliphatic hydroxyl groups is 1. The van der Waals surface area contributed by atoms with Gasteiger partial charge >= 0.3 is 0 Å². The lowest BCUT2D eigenvalue weighted by molar-refractivity contribution is -0.118. The molecule has 0 heterocycles. The molecule has 0 aliphatic heterocycles. The zero-order valence-corrected chi connectivity index (χ0v) is 12.4. The Balaban J connectivity index is 4.56. The fraction of sp³-hybridized carbons (Fsp3) is 0.714. The van der Waals surface area contributed by atoms with Crippen LogP contribution in [0.1, 0.15) is 34.6 Å². The van der Waals surface area contributed by atoms with Gasteiger partial charge in [0, 0.05) is 12.0 Å². The number of nitrogens with zero attached hydrogens (tertiary/aromatic N) is 1. The molecule has 0 saturated carbocycles. The lowest BCUT2D eigenvalue weighted by atomic mass is 9.80. The van der Waals surface area contributed by atoms with Crippen LogP contribution >= 0.6 is 0 Å². The first kappa shape index (κ1) is 17.5. The van der Waals surface area contributed by atoms with Gasteiger partial charge in [-0.1, -0.05) is 27.7 Å². The average molecular weight is 268 g/mol. The summed E-state index contributed by atoms with van der Waals surface area (Å²) in [7, 11) is 0. The number of nitriles is 1. The Morgan fingerprint density at radius 1 is 1.53 bits per heavy atom. The topological polar surface area (TPSA) is 82.3 Å². The van der Waals surface area contributed by atoms with E-state index in [-0.39, 0.29) is 18.0 Å². The average Bonchev–Trinajstić information content (AvgIpc) is 2.36. The van der Waals surface area contributed by atoms with E-state index in [1.54, 1.807) is 13.0 Å². The fourth-order valence-electron chi connectivity index (χ4n) is 1.71. The number of hydrogen-bond acceptors (Lipinski definition) is 4. The molecule has 19 heavy (non-hydrogen) atoms. The SMILES string of the molecule is CCO/C=C(/C#N)C(=O)NCC(C)(C)C(O)C(C)C. The second-order valence-corrected chi connectivity index (χ2v) is 5.46. The Kier molecular flexibility index (Phi) is 7.17. The van der Waals surface area contributed by atoms with Crippen LogP contribution in [-0.4, -0.2) is 30.3 Å². The second kappa shape index (κ2) is 7.80. The maximum atomic E-state index is 11.8. The summed E-state index contributed by atoms with van der Waals surface area (Å²) in [4.78, 5) is 11.8. The van der Waals surface area contributed by atoms with Gasteiger partial charge < -0.3 is 15.2 Å². The fourth-order valence-corrected chi connectivity index (χ4v) is 1.71. The van der Waals surface area contributed by atoms with Crippen LogP contribution in [0, 0.1) is 22.7 Å². The third-order valence-electron chi connectivity index (χ3n) is 2.87. The van der Waals surface area contributed by atoms with Crippen LogP contribution in [0.2, 0.25) is 0 Å². The monoisotopic (exact) mass is 268 g/mol. The first-order valence-electron chi connectivity index (χ1n) is 6.44. The van der Waals surface area contributed by atoms with Gasteiger partial charge in [0.2, 0.25) is 0 Å². The van der Waals surface area contributed by atoms with E-state index >= 15 is 0 Å². The molecule has 5 nitrogen and oxygen atoms in total. The molecular formula is C14H24N2O3. The number of rotatable bonds is 7. The van der Waals surface area contributed by atoms with Crippen molar-refractivity contribution in [3.05, 3.63) is 11.8 Å². The lowest BCUT2D eigenvalue weighted by Crippen LogP contribution is -2.43. The van der Waals surface area contributed by atoms with Crippen molar-refractivity contribution in [2.75, 3.05) is 13.2 Å². The number of amides is 1. The van der Waals surface area contributed by atoms with Crippen LogP contribution in [0.25, 0.3) is 0 Å². The number of ether oxygens (including phenoxy) is 1. The van der Waals surface area contributed by atoms with Gasteiger partial charge in [0.25, 0.3) is 5.91 Å². The third-order valence-corrected chi connectivity index (χ3v) is 2.87. The maximum Gasteiger partial charge on any atom is 0.265 e. The summed E-state index contributed by atoms with van der Waals surface area (Å²) >= 11 is 0. The van der Waals surface area contributed by atoms with Gasteiger partial charge in [-0.05, 0) is 12.8 Å². The lowest BCUT2D eigenvalue weighted by Gasteiger charge is -2.33. The highest BCUT2D eigenvalue weighted by Crippen LogP contribution is 2.25. The number of aliphatic hydroxyl groups excluding tert-OH is 1. The Hall–Kier alpha value is -1.54. The number of carbonyl (C=O) groups excluding carboxylic acids is 1. The van der Waals surface area contributed by atoms with Crippen molar-refractivity contribution in [2.45, 2.75) is 40.7 Å². The van der Waals surface area contributed by atoms with Gasteiger partial charge in [0.1, 0.15) is 12.3 Å². The quantitative estimate of drug-likeness (QED) is 0.417. The Labute approximate surface area is 115 Å². The molecule has 2 N–H and O–H groups in total. The number of carbonyl (C=O) groups is 1.